The number of ether oxygens (including phenoxy) is 2. The Hall–Kier alpha value is -3.78. The SMILES string of the molecule is COC(=O)C1=C(C)N=C(C)C(C(=O)OC)C1c1cccc(Nc2nc(-c3ccccc3)c(C)s2)c1. The lowest BCUT2D eigenvalue weighted by molar-refractivity contribution is -0.143. The number of methoxy groups -OCH3 is 2. The molecule has 0 saturated carbocycles. The first kappa shape index (κ1) is 24.3. The largest absolute Gasteiger partial charge is 0.468 e. The Morgan fingerprint density at radius 1 is 0.971 bits per heavy atom. The molecular weight excluding hydrogens is 462 g/mol. The van der Waals surface area contributed by atoms with Crippen LogP contribution >= 0.6 is 11.3 Å². The Labute approximate surface area is 208 Å². The van der Waals surface area contributed by atoms with Gasteiger partial charge in [0.15, 0.2) is 5.13 Å². The topological polar surface area (TPSA) is 89.9 Å². The first-order chi connectivity index (χ1) is 16.8. The van der Waals surface area contributed by atoms with Gasteiger partial charge in [0.05, 0.1) is 25.5 Å². The zero-order chi connectivity index (χ0) is 25.1. The monoisotopic (exact) mass is 489 g/mol. The fourth-order valence-electron chi connectivity index (χ4n) is 4.45. The van der Waals surface area contributed by atoms with E-state index in [1.54, 1.807) is 25.2 Å². The van der Waals surface area contributed by atoms with Gasteiger partial charge in [-0.15, -0.1) is 11.3 Å². The third-order valence-corrected chi connectivity index (χ3v) is 6.92. The molecule has 3 aromatic rings. The standard InChI is InChI=1S/C27H27N3O4S/c1-15-21(25(31)33-4)23(22(16(2)28-15)26(32)34-5)19-12-9-13-20(14-19)29-27-30-24(17(3)35-27)18-10-7-6-8-11-18/h6-14,21,23H,1-5H3,(H,29,30). The zero-order valence-corrected chi connectivity index (χ0v) is 21.1. The number of nitrogens with one attached hydrogen (secondary N) is 1. The van der Waals surface area contributed by atoms with E-state index in [0.29, 0.717) is 17.0 Å². The van der Waals surface area contributed by atoms with E-state index in [0.717, 1.165) is 32.5 Å². The molecule has 7 nitrogen and oxygen atoms in total. The van der Waals surface area contributed by atoms with Crippen LogP contribution in [-0.4, -0.2) is 36.9 Å². The summed E-state index contributed by atoms with van der Waals surface area (Å²) >= 11 is 1.57. The van der Waals surface area contributed by atoms with Gasteiger partial charge in [-0.2, -0.15) is 0 Å². The van der Waals surface area contributed by atoms with Crippen LogP contribution in [0, 0.1) is 12.8 Å². The van der Waals surface area contributed by atoms with Crippen molar-refractivity contribution in [1.82, 2.24) is 4.98 Å². The average molecular weight is 490 g/mol. The zero-order valence-electron chi connectivity index (χ0n) is 20.3. The number of hydrogen-bond donors (Lipinski definition) is 1. The molecule has 4 rings (SSSR count). The second kappa shape index (κ2) is 10.2. The van der Waals surface area contributed by atoms with Crippen molar-refractivity contribution < 1.29 is 19.1 Å². The summed E-state index contributed by atoms with van der Waals surface area (Å²) in [6, 6.07) is 17.7. The van der Waals surface area contributed by atoms with Crippen molar-refractivity contribution >= 4 is 39.8 Å². The molecule has 0 amide bonds. The summed E-state index contributed by atoms with van der Waals surface area (Å²) in [5, 5.41) is 4.14. The third kappa shape index (κ3) is 4.88. The molecule has 0 aliphatic carbocycles. The van der Waals surface area contributed by atoms with Crippen molar-refractivity contribution in [1.29, 1.82) is 0 Å². The van der Waals surface area contributed by atoms with Crippen LogP contribution in [0.15, 0.2) is 70.9 Å². The van der Waals surface area contributed by atoms with E-state index in [9.17, 15) is 9.59 Å². The summed E-state index contributed by atoms with van der Waals surface area (Å²) in [5.74, 6) is -2.29. The molecule has 2 heterocycles. The number of allylic oxidation sites excluding steroid dienone is 1. The molecule has 1 aromatic heterocycles. The van der Waals surface area contributed by atoms with Crippen LogP contribution in [0.5, 0.6) is 0 Å². The molecular formula is C27H27N3O4S. The smallest absolute Gasteiger partial charge is 0.336 e. The molecule has 2 unspecified atom stereocenters. The normalized spacial score (nSPS) is 17.6. The minimum atomic E-state index is -0.736. The number of benzene rings is 2. The number of thiazole rings is 1. The van der Waals surface area contributed by atoms with Crippen LogP contribution in [0.1, 0.15) is 30.2 Å². The molecule has 2 atom stereocenters. The summed E-state index contributed by atoms with van der Waals surface area (Å²) in [7, 11) is 2.66. The first-order valence-electron chi connectivity index (χ1n) is 11.2. The summed E-state index contributed by atoms with van der Waals surface area (Å²) in [5.41, 5.74) is 5.03. The number of aliphatic imine (C=N–C) groups is 1. The molecule has 2 aromatic carbocycles. The molecule has 180 valence electrons. The molecule has 35 heavy (non-hydrogen) atoms. The van der Waals surface area contributed by atoms with Gasteiger partial charge in [0.25, 0.3) is 0 Å². The molecule has 1 aliphatic heterocycles. The Balaban J connectivity index is 1.72. The van der Waals surface area contributed by atoms with Crippen molar-refractivity contribution in [2.75, 3.05) is 19.5 Å². The highest BCUT2D eigenvalue weighted by atomic mass is 32.1. The highest BCUT2D eigenvalue weighted by Crippen LogP contribution is 2.41. The molecule has 0 fully saturated rings. The van der Waals surface area contributed by atoms with Crippen molar-refractivity contribution in [2.45, 2.75) is 26.7 Å². The maximum absolute atomic E-state index is 12.8. The average Bonchev–Trinajstić information content (AvgIpc) is 3.23. The highest BCUT2D eigenvalue weighted by Gasteiger charge is 2.42. The second-order valence-electron chi connectivity index (χ2n) is 8.26. The van der Waals surface area contributed by atoms with Crippen molar-refractivity contribution in [3.8, 4) is 11.3 Å². The van der Waals surface area contributed by atoms with Gasteiger partial charge in [0, 0.05) is 33.5 Å². The first-order valence-corrected chi connectivity index (χ1v) is 12.0. The van der Waals surface area contributed by atoms with Crippen LogP contribution < -0.4 is 5.32 Å². The maximum atomic E-state index is 12.8. The molecule has 1 aliphatic rings. The van der Waals surface area contributed by atoms with Gasteiger partial charge in [0.1, 0.15) is 5.92 Å². The van der Waals surface area contributed by atoms with Crippen LogP contribution in [0.25, 0.3) is 11.3 Å². The van der Waals surface area contributed by atoms with E-state index in [-0.39, 0.29) is 0 Å². The lowest BCUT2D eigenvalue weighted by atomic mass is 9.75. The quantitative estimate of drug-likeness (QED) is 0.450. The van der Waals surface area contributed by atoms with Crippen molar-refractivity contribution in [3.05, 3.63) is 76.3 Å². The summed E-state index contributed by atoms with van der Waals surface area (Å²) in [4.78, 5) is 35.9. The Bertz CT molecular complexity index is 1330. The second-order valence-corrected chi connectivity index (χ2v) is 9.47. The maximum Gasteiger partial charge on any atom is 0.336 e. The van der Waals surface area contributed by atoms with Gasteiger partial charge in [-0.05, 0) is 38.5 Å². The molecule has 0 saturated heterocycles. The minimum Gasteiger partial charge on any atom is -0.468 e. The van der Waals surface area contributed by atoms with Gasteiger partial charge in [0.2, 0.25) is 0 Å². The van der Waals surface area contributed by atoms with Gasteiger partial charge in [-0.3, -0.25) is 9.79 Å². The number of carbonyl (C=O) groups is 2. The van der Waals surface area contributed by atoms with Gasteiger partial charge in [-0.1, -0.05) is 42.5 Å². The molecule has 8 heteroatoms. The Morgan fingerprint density at radius 2 is 1.71 bits per heavy atom. The summed E-state index contributed by atoms with van der Waals surface area (Å²) < 4.78 is 10.1. The fourth-order valence-corrected chi connectivity index (χ4v) is 5.31. The van der Waals surface area contributed by atoms with Crippen LogP contribution in [-0.2, 0) is 19.1 Å². The number of aromatic nitrogens is 1. The van der Waals surface area contributed by atoms with E-state index in [1.807, 2.05) is 61.5 Å². The number of rotatable bonds is 6. The number of hydrogen-bond acceptors (Lipinski definition) is 8. The Kier molecular flexibility index (Phi) is 7.12. The van der Waals surface area contributed by atoms with E-state index in [1.165, 1.54) is 14.2 Å². The van der Waals surface area contributed by atoms with Crippen LogP contribution in [0.3, 0.4) is 0 Å². The third-order valence-electron chi connectivity index (χ3n) is 6.03. The summed E-state index contributed by atoms with van der Waals surface area (Å²) in [6.45, 7) is 5.57. The van der Waals surface area contributed by atoms with E-state index < -0.39 is 23.8 Å². The fraction of sp³-hybridized carbons (Fsp3) is 0.259. The van der Waals surface area contributed by atoms with Gasteiger partial charge < -0.3 is 14.8 Å². The highest BCUT2D eigenvalue weighted by molar-refractivity contribution is 7.16. The van der Waals surface area contributed by atoms with Gasteiger partial charge in [-0.25, -0.2) is 9.78 Å². The number of esters is 2. The minimum absolute atomic E-state index is 0.349. The van der Waals surface area contributed by atoms with Crippen LogP contribution in [0.4, 0.5) is 10.8 Å². The van der Waals surface area contributed by atoms with E-state index in [2.05, 4.69) is 10.3 Å². The van der Waals surface area contributed by atoms with Crippen molar-refractivity contribution in [2.24, 2.45) is 10.9 Å². The Morgan fingerprint density at radius 3 is 2.40 bits per heavy atom. The van der Waals surface area contributed by atoms with E-state index >= 15 is 0 Å². The summed E-state index contributed by atoms with van der Waals surface area (Å²) in [6.07, 6.45) is 0. The van der Waals surface area contributed by atoms with Crippen LogP contribution in [0.2, 0.25) is 0 Å². The lowest BCUT2D eigenvalue weighted by Gasteiger charge is -2.31. The van der Waals surface area contributed by atoms with Gasteiger partial charge >= 0.3 is 11.9 Å². The number of nitrogens with zero attached hydrogens (tertiary/aromatic N) is 2. The molecule has 0 radical (unpaired) electrons. The molecule has 1 N–H and O–H groups in total. The lowest BCUT2D eigenvalue weighted by Crippen LogP contribution is -2.36. The molecule has 0 bridgehead atoms. The van der Waals surface area contributed by atoms with E-state index in [4.69, 9.17) is 14.5 Å². The predicted molar refractivity (Wildman–Crippen MR) is 138 cm³/mol. The number of carbonyl (C=O) groups excluding carboxylic acids is 2. The predicted octanol–water partition coefficient (Wildman–Crippen LogP) is 5.66. The number of anilines is 2. The van der Waals surface area contributed by atoms with Crippen molar-refractivity contribution in [3.63, 3.8) is 0 Å². The molecule has 0 spiro atoms. The number of aryl methyl sites for hydroxylation is 1.